The van der Waals surface area contributed by atoms with Crippen LogP contribution in [-0.4, -0.2) is 51.2 Å². The summed E-state index contributed by atoms with van der Waals surface area (Å²) in [6.45, 7) is 5.39. The zero-order valence-electron chi connectivity index (χ0n) is 15.5. The minimum atomic E-state index is 0. The molecular weight excluding hydrogens is 340 g/mol. The Morgan fingerprint density at radius 3 is 2.84 bits per heavy atom. The summed E-state index contributed by atoms with van der Waals surface area (Å²) >= 11 is 0. The summed E-state index contributed by atoms with van der Waals surface area (Å²) in [5.41, 5.74) is 0.666. The summed E-state index contributed by atoms with van der Waals surface area (Å²) in [4.78, 5) is 14.8. The van der Waals surface area contributed by atoms with Crippen LogP contribution in [0.15, 0.2) is 18.2 Å². The Morgan fingerprint density at radius 2 is 2.16 bits per heavy atom. The van der Waals surface area contributed by atoms with Gasteiger partial charge in [0.2, 0.25) is 0 Å². The molecule has 1 unspecified atom stereocenters. The van der Waals surface area contributed by atoms with Crippen LogP contribution in [0.5, 0.6) is 11.5 Å². The van der Waals surface area contributed by atoms with E-state index in [2.05, 4.69) is 12.2 Å². The topological polar surface area (TPSA) is 50.8 Å². The second-order valence-electron chi connectivity index (χ2n) is 6.38. The number of likely N-dealkylation sites (tertiary alicyclic amines) is 1. The molecule has 1 fully saturated rings. The quantitative estimate of drug-likeness (QED) is 0.713. The van der Waals surface area contributed by atoms with Crippen molar-refractivity contribution < 1.29 is 14.3 Å². The van der Waals surface area contributed by atoms with Crippen molar-refractivity contribution in [3.8, 4) is 11.5 Å². The molecule has 0 aliphatic carbocycles. The van der Waals surface area contributed by atoms with Gasteiger partial charge < -0.3 is 19.7 Å². The first-order valence-electron chi connectivity index (χ1n) is 8.94. The third-order valence-electron chi connectivity index (χ3n) is 4.47. The van der Waals surface area contributed by atoms with Gasteiger partial charge in [-0.05, 0) is 57.0 Å². The number of carbonyl (C=O) groups is 1. The fraction of sp³-hybridized carbons (Fsp3) is 0.632. The predicted octanol–water partition coefficient (Wildman–Crippen LogP) is 3.37. The fourth-order valence-corrected chi connectivity index (χ4v) is 3.13. The first-order chi connectivity index (χ1) is 11.7. The number of ether oxygens (including phenoxy) is 2. The number of methoxy groups -OCH3 is 1. The van der Waals surface area contributed by atoms with E-state index in [1.807, 2.05) is 24.1 Å². The number of unbranched alkanes of at least 4 members (excludes halogenated alkanes) is 1. The normalized spacial score (nSPS) is 16.9. The summed E-state index contributed by atoms with van der Waals surface area (Å²) in [6.07, 6.45) is 4.33. The Balaban J connectivity index is 0.00000312. The van der Waals surface area contributed by atoms with E-state index in [9.17, 15) is 4.79 Å². The molecule has 1 aliphatic rings. The lowest BCUT2D eigenvalue weighted by molar-refractivity contribution is 0.0674. The molecule has 1 atom stereocenters. The first-order valence-corrected chi connectivity index (χ1v) is 8.94. The van der Waals surface area contributed by atoms with Gasteiger partial charge in [-0.2, -0.15) is 0 Å². The monoisotopic (exact) mass is 370 g/mol. The Hall–Kier alpha value is -1.46. The number of benzene rings is 1. The molecule has 0 radical (unpaired) electrons. The maximum Gasteiger partial charge on any atom is 0.254 e. The molecule has 1 aromatic rings. The Bertz CT molecular complexity index is 537. The van der Waals surface area contributed by atoms with Gasteiger partial charge in [-0.1, -0.05) is 13.3 Å². The molecule has 1 amide bonds. The zero-order valence-corrected chi connectivity index (χ0v) is 16.4. The van der Waals surface area contributed by atoms with Gasteiger partial charge in [0.1, 0.15) is 0 Å². The van der Waals surface area contributed by atoms with Crippen molar-refractivity contribution in [1.82, 2.24) is 10.2 Å². The van der Waals surface area contributed by atoms with Crippen LogP contribution in [0.2, 0.25) is 0 Å². The van der Waals surface area contributed by atoms with E-state index in [1.165, 1.54) is 6.42 Å². The molecule has 2 rings (SSSR count). The number of rotatable bonds is 8. The summed E-state index contributed by atoms with van der Waals surface area (Å²) < 4.78 is 11.1. The molecular formula is C19H31ClN2O3. The molecule has 0 saturated carbocycles. The summed E-state index contributed by atoms with van der Waals surface area (Å²) in [5, 5.41) is 3.21. The molecule has 0 aromatic heterocycles. The molecule has 0 bridgehead atoms. The lowest BCUT2D eigenvalue weighted by Crippen LogP contribution is -2.42. The molecule has 0 spiro atoms. The average molecular weight is 371 g/mol. The molecule has 1 heterocycles. The number of hydrogen-bond donors (Lipinski definition) is 1. The average Bonchev–Trinajstić information content (AvgIpc) is 2.62. The van der Waals surface area contributed by atoms with Gasteiger partial charge in [0, 0.05) is 18.7 Å². The van der Waals surface area contributed by atoms with Crippen molar-refractivity contribution in [1.29, 1.82) is 0 Å². The molecule has 142 valence electrons. The SMILES string of the molecule is CCCCOc1ccc(C(=O)N2CCCC(CNC)C2)cc1OC.Cl. The van der Waals surface area contributed by atoms with E-state index in [0.717, 1.165) is 38.9 Å². The number of piperidine rings is 1. The highest BCUT2D eigenvalue weighted by Gasteiger charge is 2.24. The Morgan fingerprint density at radius 1 is 1.36 bits per heavy atom. The third kappa shape index (κ3) is 6.08. The van der Waals surface area contributed by atoms with Crippen molar-refractivity contribution in [3.05, 3.63) is 23.8 Å². The highest BCUT2D eigenvalue weighted by molar-refractivity contribution is 5.95. The predicted molar refractivity (Wildman–Crippen MR) is 103 cm³/mol. The van der Waals surface area contributed by atoms with E-state index >= 15 is 0 Å². The summed E-state index contributed by atoms with van der Waals surface area (Å²) in [6, 6.07) is 5.48. The Labute approximate surface area is 157 Å². The van der Waals surface area contributed by atoms with Crippen molar-refractivity contribution in [2.24, 2.45) is 5.92 Å². The van der Waals surface area contributed by atoms with Gasteiger partial charge in [0.25, 0.3) is 5.91 Å². The molecule has 1 N–H and O–H groups in total. The van der Waals surface area contributed by atoms with E-state index in [-0.39, 0.29) is 18.3 Å². The second-order valence-corrected chi connectivity index (χ2v) is 6.38. The van der Waals surface area contributed by atoms with Crippen molar-refractivity contribution in [2.45, 2.75) is 32.6 Å². The molecule has 5 nitrogen and oxygen atoms in total. The van der Waals surface area contributed by atoms with Gasteiger partial charge in [-0.15, -0.1) is 12.4 Å². The van der Waals surface area contributed by atoms with Crippen LogP contribution in [0.1, 0.15) is 43.0 Å². The smallest absolute Gasteiger partial charge is 0.254 e. The summed E-state index contributed by atoms with van der Waals surface area (Å²) in [7, 11) is 3.57. The van der Waals surface area contributed by atoms with E-state index in [4.69, 9.17) is 9.47 Å². The summed E-state index contributed by atoms with van der Waals surface area (Å²) in [5.74, 6) is 1.94. The van der Waals surface area contributed by atoms with Crippen molar-refractivity contribution in [2.75, 3.05) is 40.4 Å². The maximum absolute atomic E-state index is 12.8. The lowest BCUT2D eigenvalue weighted by Gasteiger charge is -2.33. The van der Waals surface area contributed by atoms with Crippen molar-refractivity contribution >= 4 is 18.3 Å². The van der Waals surface area contributed by atoms with Crippen LogP contribution in [0.4, 0.5) is 0 Å². The largest absolute Gasteiger partial charge is 0.493 e. The highest BCUT2D eigenvalue weighted by atomic mass is 35.5. The molecule has 1 aliphatic heterocycles. The molecule has 1 aromatic carbocycles. The van der Waals surface area contributed by atoms with Gasteiger partial charge in [0.05, 0.1) is 13.7 Å². The number of nitrogens with zero attached hydrogens (tertiary/aromatic N) is 1. The van der Waals surface area contributed by atoms with Crippen LogP contribution >= 0.6 is 12.4 Å². The van der Waals surface area contributed by atoms with Crippen LogP contribution in [-0.2, 0) is 0 Å². The van der Waals surface area contributed by atoms with Gasteiger partial charge in [0.15, 0.2) is 11.5 Å². The van der Waals surface area contributed by atoms with E-state index in [0.29, 0.717) is 29.6 Å². The molecule has 1 saturated heterocycles. The van der Waals surface area contributed by atoms with Crippen LogP contribution in [0.25, 0.3) is 0 Å². The number of carbonyl (C=O) groups excluding carboxylic acids is 1. The molecule has 25 heavy (non-hydrogen) atoms. The van der Waals surface area contributed by atoms with E-state index in [1.54, 1.807) is 13.2 Å². The number of nitrogens with one attached hydrogen (secondary N) is 1. The zero-order chi connectivity index (χ0) is 17.4. The lowest BCUT2D eigenvalue weighted by atomic mass is 9.97. The standard InChI is InChI=1S/C19H30N2O3.ClH/c1-4-5-11-24-17-9-8-16(12-18(17)23-3)19(22)21-10-6-7-15(14-21)13-20-2;/h8-9,12,15,20H,4-7,10-11,13-14H2,1-3H3;1H. The van der Waals surface area contributed by atoms with Crippen LogP contribution in [0.3, 0.4) is 0 Å². The Kier molecular flexibility index (Phi) is 9.68. The minimum Gasteiger partial charge on any atom is -0.493 e. The van der Waals surface area contributed by atoms with Gasteiger partial charge in [-0.25, -0.2) is 0 Å². The van der Waals surface area contributed by atoms with Gasteiger partial charge in [-0.3, -0.25) is 4.79 Å². The van der Waals surface area contributed by atoms with Crippen molar-refractivity contribution in [3.63, 3.8) is 0 Å². The number of amides is 1. The first kappa shape index (κ1) is 21.6. The maximum atomic E-state index is 12.8. The third-order valence-corrected chi connectivity index (χ3v) is 4.47. The van der Waals surface area contributed by atoms with E-state index < -0.39 is 0 Å². The number of halogens is 1. The van der Waals surface area contributed by atoms with Crippen LogP contribution in [0, 0.1) is 5.92 Å². The second kappa shape index (κ2) is 11.2. The minimum absolute atomic E-state index is 0. The van der Waals surface area contributed by atoms with Gasteiger partial charge >= 0.3 is 0 Å². The fourth-order valence-electron chi connectivity index (χ4n) is 3.13. The van der Waals surface area contributed by atoms with Crippen LogP contribution < -0.4 is 14.8 Å². The number of hydrogen-bond acceptors (Lipinski definition) is 4. The molecule has 6 heteroatoms. The highest BCUT2D eigenvalue weighted by Crippen LogP contribution is 2.29.